The van der Waals surface area contributed by atoms with Crippen LogP contribution in [-0.2, 0) is 9.59 Å². The summed E-state index contributed by atoms with van der Waals surface area (Å²) in [5, 5.41) is 6.46. The Morgan fingerprint density at radius 1 is 1.14 bits per heavy atom. The molecule has 150 valence electrons. The van der Waals surface area contributed by atoms with E-state index in [1.54, 1.807) is 29.2 Å². The first kappa shape index (κ1) is 19.2. The standard InChI is InChI=1S/C21H26ClN3O3/c22-15-8-6-14(7-9-15)19(26)23-16-11-18-20(27)24-17(21(28)25(18)12-16)10-13-4-2-1-3-5-13/h6-9,13,16-18H,1-5,10-12H2,(H,23,26)(H,24,27)/t16-,17-,18-/m0/s1. The Morgan fingerprint density at radius 3 is 2.57 bits per heavy atom. The van der Waals surface area contributed by atoms with Gasteiger partial charge >= 0.3 is 0 Å². The molecule has 3 fully saturated rings. The number of carbonyl (C=O) groups is 3. The minimum absolute atomic E-state index is 0.00147. The first-order chi connectivity index (χ1) is 13.5. The molecule has 2 N–H and O–H groups in total. The zero-order valence-corrected chi connectivity index (χ0v) is 16.6. The largest absolute Gasteiger partial charge is 0.347 e. The molecule has 0 radical (unpaired) electrons. The molecule has 1 aromatic rings. The molecule has 0 bridgehead atoms. The van der Waals surface area contributed by atoms with Crippen LogP contribution in [0.3, 0.4) is 0 Å². The molecule has 3 amide bonds. The van der Waals surface area contributed by atoms with E-state index >= 15 is 0 Å². The van der Waals surface area contributed by atoms with E-state index in [4.69, 9.17) is 11.6 Å². The summed E-state index contributed by atoms with van der Waals surface area (Å²) in [5.41, 5.74) is 0.514. The number of rotatable bonds is 4. The lowest BCUT2D eigenvalue weighted by Crippen LogP contribution is -2.61. The molecule has 0 unspecified atom stereocenters. The Labute approximate surface area is 170 Å². The number of benzene rings is 1. The van der Waals surface area contributed by atoms with Gasteiger partial charge in [-0.05, 0) is 43.0 Å². The van der Waals surface area contributed by atoms with Crippen LogP contribution < -0.4 is 10.6 Å². The molecule has 2 aliphatic heterocycles. The second-order valence-electron chi connectivity index (χ2n) is 8.22. The van der Waals surface area contributed by atoms with Crippen LogP contribution in [0.25, 0.3) is 0 Å². The summed E-state index contributed by atoms with van der Waals surface area (Å²) in [6.07, 6.45) is 7.16. The summed E-state index contributed by atoms with van der Waals surface area (Å²) in [6, 6.07) is 5.54. The van der Waals surface area contributed by atoms with E-state index in [1.165, 1.54) is 19.3 Å². The van der Waals surface area contributed by atoms with Crippen LogP contribution in [0.5, 0.6) is 0 Å². The lowest BCUT2D eigenvalue weighted by Gasteiger charge is -2.36. The molecule has 3 atom stereocenters. The van der Waals surface area contributed by atoms with E-state index < -0.39 is 12.1 Å². The van der Waals surface area contributed by atoms with Gasteiger partial charge in [0.05, 0.1) is 0 Å². The fourth-order valence-electron chi connectivity index (χ4n) is 4.75. The van der Waals surface area contributed by atoms with Crippen LogP contribution in [0.4, 0.5) is 0 Å². The molecular formula is C21H26ClN3O3. The van der Waals surface area contributed by atoms with Gasteiger partial charge in [-0.3, -0.25) is 14.4 Å². The van der Waals surface area contributed by atoms with Gasteiger partial charge < -0.3 is 15.5 Å². The minimum Gasteiger partial charge on any atom is -0.347 e. The molecular weight excluding hydrogens is 378 g/mol. The molecule has 4 rings (SSSR count). The molecule has 3 aliphatic rings. The lowest BCUT2D eigenvalue weighted by molar-refractivity contribution is -0.147. The highest BCUT2D eigenvalue weighted by Gasteiger charge is 2.47. The Balaban J connectivity index is 1.38. The molecule has 1 saturated carbocycles. The summed E-state index contributed by atoms with van der Waals surface area (Å²) in [4.78, 5) is 39.6. The van der Waals surface area contributed by atoms with Gasteiger partial charge in [-0.2, -0.15) is 0 Å². The third-order valence-corrected chi connectivity index (χ3v) is 6.49. The normalized spacial score (nSPS) is 28.0. The van der Waals surface area contributed by atoms with E-state index in [0.29, 0.717) is 29.5 Å². The molecule has 0 aromatic heterocycles. The highest BCUT2D eigenvalue weighted by Crippen LogP contribution is 2.30. The van der Waals surface area contributed by atoms with Gasteiger partial charge in [0.2, 0.25) is 11.8 Å². The van der Waals surface area contributed by atoms with Crippen LogP contribution in [-0.4, -0.2) is 47.3 Å². The maximum absolute atomic E-state index is 12.9. The van der Waals surface area contributed by atoms with Crippen LogP contribution in [0.15, 0.2) is 24.3 Å². The van der Waals surface area contributed by atoms with E-state index in [0.717, 1.165) is 19.3 Å². The number of carbonyl (C=O) groups excluding carboxylic acids is 3. The van der Waals surface area contributed by atoms with Gasteiger partial charge in [0.1, 0.15) is 12.1 Å². The van der Waals surface area contributed by atoms with Crippen LogP contribution in [0.2, 0.25) is 5.02 Å². The molecule has 2 heterocycles. The number of nitrogens with zero attached hydrogens (tertiary/aromatic N) is 1. The van der Waals surface area contributed by atoms with Crippen molar-refractivity contribution in [1.82, 2.24) is 15.5 Å². The number of fused-ring (bicyclic) bond motifs is 1. The SMILES string of the molecule is O=C(N[C@H]1C[C@H]2C(=O)N[C@@H](CC3CCCCC3)C(=O)N2C1)c1ccc(Cl)cc1. The summed E-state index contributed by atoms with van der Waals surface area (Å²) in [6.45, 7) is 0.386. The number of amides is 3. The Bertz CT molecular complexity index is 761. The predicted molar refractivity (Wildman–Crippen MR) is 106 cm³/mol. The predicted octanol–water partition coefficient (Wildman–Crippen LogP) is 2.51. The van der Waals surface area contributed by atoms with Gasteiger partial charge in [-0.25, -0.2) is 0 Å². The minimum atomic E-state index is -0.481. The van der Waals surface area contributed by atoms with Crippen molar-refractivity contribution in [2.24, 2.45) is 5.92 Å². The first-order valence-electron chi connectivity index (χ1n) is 10.2. The van der Waals surface area contributed by atoms with Crippen molar-refractivity contribution in [2.75, 3.05) is 6.54 Å². The van der Waals surface area contributed by atoms with E-state index in [9.17, 15) is 14.4 Å². The van der Waals surface area contributed by atoms with Gasteiger partial charge in [0, 0.05) is 23.2 Å². The average molecular weight is 404 g/mol. The van der Waals surface area contributed by atoms with Crippen LogP contribution in [0, 0.1) is 5.92 Å². The molecule has 7 heteroatoms. The smallest absolute Gasteiger partial charge is 0.251 e. The number of halogens is 1. The molecule has 1 aromatic carbocycles. The topological polar surface area (TPSA) is 78.5 Å². The van der Waals surface area contributed by atoms with Crippen molar-refractivity contribution >= 4 is 29.3 Å². The molecule has 2 saturated heterocycles. The molecule has 28 heavy (non-hydrogen) atoms. The van der Waals surface area contributed by atoms with Gasteiger partial charge in [-0.1, -0.05) is 43.7 Å². The number of hydrogen-bond acceptors (Lipinski definition) is 3. The number of piperazine rings is 1. The third-order valence-electron chi connectivity index (χ3n) is 6.24. The molecule has 6 nitrogen and oxygen atoms in total. The first-order valence-corrected chi connectivity index (χ1v) is 10.6. The zero-order valence-electron chi connectivity index (χ0n) is 15.8. The Hall–Kier alpha value is -2.08. The van der Waals surface area contributed by atoms with Crippen molar-refractivity contribution in [3.05, 3.63) is 34.9 Å². The lowest BCUT2D eigenvalue weighted by atomic mass is 9.84. The fraction of sp³-hybridized carbons (Fsp3) is 0.571. The molecule has 0 spiro atoms. The maximum atomic E-state index is 12.9. The second-order valence-corrected chi connectivity index (χ2v) is 8.66. The van der Waals surface area contributed by atoms with Crippen LogP contribution in [0.1, 0.15) is 55.3 Å². The van der Waals surface area contributed by atoms with Crippen molar-refractivity contribution < 1.29 is 14.4 Å². The highest BCUT2D eigenvalue weighted by molar-refractivity contribution is 6.30. The van der Waals surface area contributed by atoms with Gasteiger partial charge in [0.25, 0.3) is 5.91 Å². The average Bonchev–Trinajstić information content (AvgIpc) is 3.12. The zero-order chi connectivity index (χ0) is 19.7. The van der Waals surface area contributed by atoms with Crippen molar-refractivity contribution in [2.45, 2.75) is 63.1 Å². The number of hydrogen-bond donors (Lipinski definition) is 2. The van der Waals surface area contributed by atoms with E-state index in [1.807, 2.05) is 0 Å². The highest BCUT2D eigenvalue weighted by atomic mass is 35.5. The van der Waals surface area contributed by atoms with E-state index in [-0.39, 0.29) is 23.8 Å². The van der Waals surface area contributed by atoms with E-state index in [2.05, 4.69) is 10.6 Å². The fourth-order valence-corrected chi connectivity index (χ4v) is 4.87. The van der Waals surface area contributed by atoms with Gasteiger partial charge in [-0.15, -0.1) is 0 Å². The summed E-state index contributed by atoms with van der Waals surface area (Å²) in [5.74, 6) is 0.206. The summed E-state index contributed by atoms with van der Waals surface area (Å²) >= 11 is 5.86. The number of nitrogens with one attached hydrogen (secondary N) is 2. The second kappa shape index (κ2) is 8.11. The Morgan fingerprint density at radius 2 is 1.86 bits per heavy atom. The monoisotopic (exact) mass is 403 g/mol. The van der Waals surface area contributed by atoms with Crippen LogP contribution >= 0.6 is 11.6 Å². The maximum Gasteiger partial charge on any atom is 0.251 e. The van der Waals surface area contributed by atoms with Crippen molar-refractivity contribution in [1.29, 1.82) is 0 Å². The third kappa shape index (κ3) is 4.02. The molecule has 1 aliphatic carbocycles. The summed E-state index contributed by atoms with van der Waals surface area (Å²) < 4.78 is 0. The van der Waals surface area contributed by atoms with Crippen molar-refractivity contribution in [3.8, 4) is 0 Å². The van der Waals surface area contributed by atoms with Gasteiger partial charge in [0.15, 0.2) is 0 Å². The summed E-state index contributed by atoms with van der Waals surface area (Å²) in [7, 11) is 0. The van der Waals surface area contributed by atoms with Crippen molar-refractivity contribution in [3.63, 3.8) is 0 Å². The quantitative estimate of drug-likeness (QED) is 0.810. The Kier molecular flexibility index (Phi) is 5.58.